The van der Waals surface area contributed by atoms with Crippen LogP contribution in [0.15, 0.2) is 60.7 Å². The number of alkyl halides is 3. The Morgan fingerprint density at radius 2 is 1.71 bits per heavy atom. The topological polar surface area (TPSA) is 84.1 Å². The maximum atomic E-state index is 13.7. The van der Waals surface area contributed by atoms with Crippen LogP contribution in [-0.4, -0.2) is 29.0 Å². The van der Waals surface area contributed by atoms with Crippen LogP contribution in [0.1, 0.15) is 27.8 Å². The van der Waals surface area contributed by atoms with Crippen LogP contribution in [0.5, 0.6) is 0 Å². The average Bonchev–Trinajstić information content (AvgIpc) is 3.14. The van der Waals surface area contributed by atoms with Crippen LogP contribution in [-0.2, 0) is 15.7 Å². The molecule has 1 atom stereocenters. The van der Waals surface area contributed by atoms with Gasteiger partial charge in [-0.2, -0.15) is 13.2 Å². The first-order chi connectivity index (χ1) is 14.8. The van der Waals surface area contributed by atoms with Gasteiger partial charge < -0.3 is 15.0 Å². The van der Waals surface area contributed by atoms with Gasteiger partial charge in [0.2, 0.25) is 0 Å². The summed E-state index contributed by atoms with van der Waals surface area (Å²) in [5.41, 5.74) is -0.973. The second-order valence-electron chi connectivity index (χ2n) is 6.79. The van der Waals surface area contributed by atoms with E-state index < -0.39 is 35.5 Å². The summed E-state index contributed by atoms with van der Waals surface area (Å²) in [6.07, 6.45) is -4.80. The van der Waals surface area contributed by atoms with Gasteiger partial charge in [0, 0.05) is 16.3 Å². The number of ether oxygens (including phenoxy) is 1. The minimum atomic E-state index is -4.80. The molecule has 0 aliphatic heterocycles. The van der Waals surface area contributed by atoms with Gasteiger partial charge in [-0.25, -0.2) is 9.78 Å². The number of nitrogens with zero attached hydrogens (tertiary/aromatic N) is 1. The molecule has 0 bridgehead atoms. The van der Waals surface area contributed by atoms with E-state index in [9.17, 15) is 22.8 Å². The molecule has 0 aliphatic carbocycles. The molecule has 2 N–H and O–H groups in total. The molecule has 31 heavy (non-hydrogen) atoms. The van der Waals surface area contributed by atoms with Crippen molar-refractivity contribution in [1.29, 1.82) is 0 Å². The lowest BCUT2D eigenvalue weighted by atomic mass is 10.1. The summed E-state index contributed by atoms with van der Waals surface area (Å²) in [5, 5.41) is 3.16. The quantitative estimate of drug-likeness (QED) is 0.474. The number of pyridine rings is 1. The predicted octanol–water partition coefficient (Wildman–Crippen LogP) is 4.38. The number of carbonyl (C=O) groups excluding carboxylic acids is 2. The van der Waals surface area contributed by atoms with Crippen LogP contribution in [0, 0.1) is 0 Å². The van der Waals surface area contributed by atoms with Crippen molar-refractivity contribution < 1.29 is 27.5 Å². The molecule has 2 heterocycles. The smallest absolute Gasteiger partial charge is 0.435 e. The molecule has 0 unspecified atom stereocenters. The number of nitrogens with one attached hydrogen (secondary N) is 2. The average molecular weight is 427 g/mol. The molecule has 1 amide bonds. The van der Waals surface area contributed by atoms with E-state index in [2.05, 4.69) is 15.3 Å². The second-order valence-corrected chi connectivity index (χ2v) is 6.79. The van der Waals surface area contributed by atoms with Crippen molar-refractivity contribution in [3.63, 3.8) is 0 Å². The number of rotatable bonds is 4. The van der Waals surface area contributed by atoms with Gasteiger partial charge in [0.15, 0.2) is 11.7 Å². The van der Waals surface area contributed by atoms with E-state index in [1.165, 1.54) is 6.07 Å². The van der Waals surface area contributed by atoms with Crippen molar-refractivity contribution in [1.82, 2.24) is 15.3 Å². The molecular weight excluding hydrogens is 411 g/mol. The summed E-state index contributed by atoms with van der Waals surface area (Å²) < 4.78 is 45.9. The summed E-state index contributed by atoms with van der Waals surface area (Å²) >= 11 is 0. The first-order valence-electron chi connectivity index (χ1n) is 9.22. The zero-order chi connectivity index (χ0) is 22.2. The van der Waals surface area contributed by atoms with E-state index >= 15 is 0 Å². The standard InChI is InChI=1S/C22H16F3N3O3/c1-31-21(30)17(12-7-3-2-4-8-12)28-20(29)16-11-14-13-9-5-6-10-15(13)26-18(14)19(27-16)22(23,24)25/h2-11,17,26H,1H3,(H,28,29)/t17-/m0/s1. The monoisotopic (exact) mass is 427 g/mol. The number of fused-ring (bicyclic) bond motifs is 3. The summed E-state index contributed by atoms with van der Waals surface area (Å²) in [4.78, 5) is 31.4. The summed E-state index contributed by atoms with van der Waals surface area (Å²) in [6, 6.07) is 15.0. The van der Waals surface area contributed by atoms with Gasteiger partial charge in [-0.1, -0.05) is 48.5 Å². The van der Waals surface area contributed by atoms with E-state index in [4.69, 9.17) is 4.74 Å². The van der Waals surface area contributed by atoms with Crippen LogP contribution in [0.4, 0.5) is 13.2 Å². The number of amides is 1. The zero-order valence-corrected chi connectivity index (χ0v) is 16.2. The second kappa shape index (κ2) is 7.75. The lowest BCUT2D eigenvalue weighted by Gasteiger charge is -2.17. The van der Waals surface area contributed by atoms with Crippen molar-refractivity contribution in [2.75, 3.05) is 7.11 Å². The number of aromatic amines is 1. The Hall–Kier alpha value is -3.88. The highest BCUT2D eigenvalue weighted by Crippen LogP contribution is 2.36. The minimum Gasteiger partial charge on any atom is -0.467 e. The van der Waals surface area contributed by atoms with Gasteiger partial charge in [0.25, 0.3) is 5.91 Å². The first kappa shape index (κ1) is 20.4. The maximum absolute atomic E-state index is 13.7. The third-order valence-electron chi connectivity index (χ3n) is 4.84. The fourth-order valence-electron chi connectivity index (χ4n) is 3.41. The summed E-state index contributed by atoms with van der Waals surface area (Å²) in [6.45, 7) is 0. The van der Waals surface area contributed by atoms with Gasteiger partial charge in [-0.05, 0) is 17.7 Å². The van der Waals surface area contributed by atoms with E-state index in [0.717, 1.165) is 7.11 Å². The normalized spacial score (nSPS) is 12.6. The molecule has 0 fully saturated rings. The Labute approximate surface area is 174 Å². The predicted molar refractivity (Wildman–Crippen MR) is 107 cm³/mol. The largest absolute Gasteiger partial charge is 0.467 e. The number of carbonyl (C=O) groups is 2. The van der Waals surface area contributed by atoms with Gasteiger partial charge in [-0.15, -0.1) is 0 Å². The Bertz CT molecular complexity index is 1280. The summed E-state index contributed by atoms with van der Waals surface area (Å²) in [7, 11) is 1.16. The van der Waals surface area contributed by atoms with Crippen LogP contribution < -0.4 is 5.32 Å². The number of esters is 1. The molecule has 9 heteroatoms. The molecule has 2 aromatic heterocycles. The molecule has 0 saturated carbocycles. The number of hydrogen-bond acceptors (Lipinski definition) is 4. The molecular formula is C22H16F3N3O3. The first-order valence-corrected chi connectivity index (χ1v) is 9.22. The molecule has 0 aliphatic rings. The van der Waals surface area contributed by atoms with Crippen molar-refractivity contribution in [2.24, 2.45) is 0 Å². The molecule has 0 saturated heterocycles. The lowest BCUT2D eigenvalue weighted by molar-refractivity contribution is -0.143. The molecule has 4 rings (SSSR count). The zero-order valence-electron chi connectivity index (χ0n) is 16.2. The van der Waals surface area contributed by atoms with Gasteiger partial charge in [0.1, 0.15) is 5.69 Å². The number of methoxy groups -OCH3 is 1. The Morgan fingerprint density at radius 1 is 1.03 bits per heavy atom. The van der Waals surface area contributed by atoms with Crippen molar-refractivity contribution in [3.8, 4) is 0 Å². The number of benzene rings is 2. The molecule has 6 nitrogen and oxygen atoms in total. The van der Waals surface area contributed by atoms with Crippen LogP contribution in [0.2, 0.25) is 0 Å². The van der Waals surface area contributed by atoms with E-state index in [1.807, 2.05) is 0 Å². The minimum absolute atomic E-state index is 0.206. The highest BCUT2D eigenvalue weighted by Gasteiger charge is 2.37. The van der Waals surface area contributed by atoms with Crippen molar-refractivity contribution >= 4 is 33.7 Å². The maximum Gasteiger partial charge on any atom is 0.435 e. The molecule has 0 radical (unpaired) electrons. The Morgan fingerprint density at radius 3 is 2.39 bits per heavy atom. The highest BCUT2D eigenvalue weighted by atomic mass is 19.4. The van der Waals surface area contributed by atoms with Crippen LogP contribution in [0.25, 0.3) is 21.8 Å². The van der Waals surface area contributed by atoms with Crippen molar-refractivity contribution in [3.05, 3.63) is 77.6 Å². The molecule has 158 valence electrons. The van der Waals surface area contributed by atoms with Gasteiger partial charge in [0.05, 0.1) is 12.6 Å². The Balaban J connectivity index is 1.82. The fraction of sp³-hybridized carbons (Fsp3) is 0.136. The van der Waals surface area contributed by atoms with E-state index in [1.54, 1.807) is 54.6 Å². The number of halogens is 3. The molecule has 2 aromatic carbocycles. The third kappa shape index (κ3) is 3.81. The third-order valence-corrected chi connectivity index (χ3v) is 4.84. The summed E-state index contributed by atoms with van der Waals surface area (Å²) in [5.74, 6) is -1.69. The molecule has 0 spiro atoms. The SMILES string of the molecule is COC(=O)[C@@H](NC(=O)c1cc2c([nH]c3ccccc32)c(C(F)(F)F)n1)c1ccccc1. The number of hydrogen-bond donors (Lipinski definition) is 2. The number of para-hydroxylation sites is 1. The highest BCUT2D eigenvalue weighted by molar-refractivity contribution is 6.10. The van der Waals surface area contributed by atoms with Crippen LogP contribution >= 0.6 is 0 Å². The number of H-pyrrole nitrogens is 1. The van der Waals surface area contributed by atoms with E-state index in [-0.39, 0.29) is 10.9 Å². The van der Waals surface area contributed by atoms with Gasteiger partial charge in [-0.3, -0.25) is 4.79 Å². The fourth-order valence-corrected chi connectivity index (χ4v) is 3.41. The van der Waals surface area contributed by atoms with E-state index in [0.29, 0.717) is 16.5 Å². The number of aromatic nitrogens is 2. The van der Waals surface area contributed by atoms with Crippen molar-refractivity contribution in [2.45, 2.75) is 12.2 Å². The lowest BCUT2D eigenvalue weighted by Crippen LogP contribution is -2.35. The Kier molecular flexibility index (Phi) is 5.10. The molecule has 4 aromatic rings. The van der Waals surface area contributed by atoms with Gasteiger partial charge >= 0.3 is 12.1 Å². The van der Waals surface area contributed by atoms with Crippen LogP contribution in [0.3, 0.4) is 0 Å².